The van der Waals surface area contributed by atoms with Crippen LogP contribution in [0, 0.1) is 6.92 Å². The van der Waals surface area contributed by atoms with E-state index in [9.17, 15) is 9.59 Å². The number of fused-ring (bicyclic) bond motifs is 1. The molecule has 0 amide bonds. The molecule has 2 aromatic heterocycles. The minimum atomic E-state index is -0.139. The molecule has 4 nitrogen and oxygen atoms in total. The number of Topliss-reactive ketones (excluding diaryl/α,β-unsaturated/α-hetero) is 1. The van der Waals surface area contributed by atoms with Gasteiger partial charge >= 0.3 is 0 Å². The van der Waals surface area contributed by atoms with Crippen LogP contribution < -0.4 is 5.73 Å². The summed E-state index contributed by atoms with van der Waals surface area (Å²) < 4.78 is 0.904. The number of anilines is 1. The van der Waals surface area contributed by atoms with Gasteiger partial charge in [-0.1, -0.05) is 15.9 Å². The largest absolute Gasteiger partial charge is 0.397 e. The van der Waals surface area contributed by atoms with Gasteiger partial charge in [0.15, 0.2) is 5.78 Å². The fourth-order valence-electron chi connectivity index (χ4n) is 2.39. The number of carbonyl (C=O) groups excluding carboxylic acids is 2. The Kier molecular flexibility index (Phi) is 4.04. The molecule has 0 aliphatic carbocycles. The summed E-state index contributed by atoms with van der Waals surface area (Å²) in [5.74, 6) is -0.205. The van der Waals surface area contributed by atoms with Crippen LogP contribution in [0.3, 0.4) is 0 Å². The number of hydrogen-bond donors (Lipinski definition) is 1. The molecule has 0 radical (unpaired) electrons. The van der Waals surface area contributed by atoms with Gasteiger partial charge in [0, 0.05) is 26.7 Å². The molecule has 1 aromatic carbocycles. The molecular formula is C17H13BrN2O2S. The molecule has 2 heterocycles. The number of nitrogen functional groups attached to an aromatic ring is 1. The van der Waals surface area contributed by atoms with Crippen molar-refractivity contribution >= 4 is 54.7 Å². The fourth-order valence-corrected chi connectivity index (χ4v) is 3.73. The number of aryl methyl sites for hydroxylation is 1. The summed E-state index contributed by atoms with van der Waals surface area (Å²) in [5, 5.41) is 0.659. The number of aromatic nitrogens is 1. The number of pyridine rings is 1. The minimum Gasteiger partial charge on any atom is -0.397 e. The van der Waals surface area contributed by atoms with Gasteiger partial charge in [-0.15, -0.1) is 11.3 Å². The first-order valence-corrected chi connectivity index (χ1v) is 8.50. The molecule has 0 atom stereocenters. The molecule has 2 N–H and O–H groups in total. The van der Waals surface area contributed by atoms with E-state index >= 15 is 0 Å². The molecule has 0 fully saturated rings. The van der Waals surface area contributed by atoms with Crippen molar-refractivity contribution in [2.24, 2.45) is 0 Å². The van der Waals surface area contributed by atoms with E-state index < -0.39 is 0 Å². The van der Waals surface area contributed by atoms with Crippen LogP contribution >= 0.6 is 27.3 Å². The number of ketones is 2. The zero-order chi connectivity index (χ0) is 16.7. The van der Waals surface area contributed by atoms with Crippen molar-refractivity contribution in [1.29, 1.82) is 0 Å². The van der Waals surface area contributed by atoms with Crippen molar-refractivity contribution in [1.82, 2.24) is 4.98 Å². The van der Waals surface area contributed by atoms with E-state index in [0.717, 1.165) is 4.47 Å². The molecule has 3 rings (SSSR count). The van der Waals surface area contributed by atoms with Gasteiger partial charge in [-0.2, -0.15) is 0 Å². The first-order chi connectivity index (χ1) is 10.9. The summed E-state index contributed by atoms with van der Waals surface area (Å²) in [5.41, 5.74) is 8.28. The van der Waals surface area contributed by atoms with Gasteiger partial charge in [-0.3, -0.25) is 9.59 Å². The average Bonchev–Trinajstić information content (AvgIpc) is 2.82. The Labute approximate surface area is 145 Å². The van der Waals surface area contributed by atoms with Gasteiger partial charge in [0.1, 0.15) is 9.71 Å². The van der Waals surface area contributed by atoms with Crippen LogP contribution in [0.4, 0.5) is 5.69 Å². The molecule has 3 aromatic rings. The Morgan fingerprint density at radius 1 is 1.22 bits per heavy atom. The lowest BCUT2D eigenvalue weighted by Crippen LogP contribution is -2.02. The first-order valence-electron chi connectivity index (χ1n) is 6.89. The maximum absolute atomic E-state index is 12.7. The van der Waals surface area contributed by atoms with E-state index in [4.69, 9.17) is 5.73 Å². The Morgan fingerprint density at radius 2 is 1.87 bits per heavy atom. The highest BCUT2D eigenvalue weighted by Gasteiger charge is 2.20. The second-order valence-corrected chi connectivity index (χ2v) is 7.13. The number of hydrogen-bond acceptors (Lipinski definition) is 5. The second kappa shape index (κ2) is 5.86. The predicted octanol–water partition coefficient (Wildman–Crippen LogP) is 4.38. The van der Waals surface area contributed by atoms with Gasteiger partial charge in [0.05, 0.1) is 5.69 Å². The average molecular weight is 389 g/mol. The zero-order valence-corrected chi connectivity index (χ0v) is 14.9. The van der Waals surface area contributed by atoms with Crippen LogP contribution in [-0.2, 0) is 0 Å². The molecule has 0 unspecified atom stereocenters. The Hall–Kier alpha value is -2.05. The zero-order valence-electron chi connectivity index (χ0n) is 12.5. The predicted molar refractivity (Wildman–Crippen MR) is 96.3 cm³/mol. The van der Waals surface area contributed by atoms with Crippen molar-refractivity contribution in [3.8, 4) is 0 Å². The SMILES string of the molecule is CC(=O)c1cc2c(N)c(C(=O)c3ccc(Br)cc3)sc2nc1C. The number of nitrogens with zero attached hydrogens (tertiary/aromatic N) is 1. The third kappa shape index (κ3) is 2.80. The number of thiophene rings is 1. The second-order valence-electron chi connectivity index (χ2n) is 5.21. The molecular weight excluding hydrogens is 376 g/mol. The number of carbonyl (C=O) groups is 2. The Morgan fingerprint density at radius 3 is 2.48 bits per heavy atom. The minimum absolute atomic E-state index is 0.0664. The fraction of sp³-hybridized carbons (Fsp3) is 0.118. The Bertz CT molecular complexity index is 945. The maximum Gasteiger partial charge on any atom is 0.205 e. The number of nitrogens with two attached hydrogens (primary N) is 1. The Balaban J connectivity index is 2.15. The van der Waals surface area contributed by atoms with E-state index in [1.807, 2.05) is 12.1 Å². The third-order valence-corrected chi connectivity index (χ3v) is 5.25. The van der Waals surface area contributed by atoms with Crippen LogP contribution in [0.15, 0.2) is 34.8 Å². The lowest BCUT2D eigenvalue weighted by atomic mass is 10.1. The standard InChI is InChI=1S/C17H13BrN2O2S/c1-8-12(9(2)21)7-13-14(19)16(23-17(13)20-8)15(22)10-3-5-11(18)6-4-10/h3-7H,19H2,1-2H3. The van der Waals surface area contributed by atoms with Crippen molar-refractivity contribution in [3.63, 3.8) is 0 Å². The normalized spacial score (nSPS) is 10.9. The van der Waals surface area contributed by atoms with Crippen molar-refractivity contribution < 1.29 is 9.59 Å². The molecule has 0 aliphatic heterocycles. The van der Waals surface area contributed by atoms with Gasteiger partial charge < -0.3 is 5.73 Å². The van der Waals surface area contributed by atoms with Crippen LogP contribution in [0.1, 0.15) is 38.2 Å². The smallest absolute Gasteiger partial charge is 0.205 e. The van der Waals surface area contributed by atoms with Gasteiger partial charge in [-0.05, 0) is 44.2 Å². The molecule has 6 heteroatoms. The quantitative estimate of drug-likeness (QED) is 0.675. The highest BCUT2D eigenvalue weighted by molar-refractivity contribution is 9.10. The molecule has 0 bridgehead atoms. The number of benzene rings is 1. The van der Waals surface area contributed by atoms with E-state index in [-0.39, 0.29) is 11.6 Å². The van der Waals surface area contributed by atoms with Gasteiger partial charge in [0.2, 0.25) is 5.78 Å². The highest BCUT2D eigenvalue weighted by Crippen LogP contribution is 2.35. The molecule has 116 valence electrons. The summed E-state index contributed by atoms with van der Waals surface area (Å²) in [4.78, 5) is 29.9. The lowest BCUT2D eigenvalue weighted by molar-refractivity contribution is 0.101. The summed E-state index contributed by atoms with van der Waals surface area (Å²) in [7, 11) is 0. The summed E-state index contributed by atoms with van der Waals surface area (Å²) in [6.07, 6.45) is 0. The monoisotopic (exact) mass is 388 g/mol. The van der Waals surface area contributed by atoms with Gasteiger partial charge in [0.25, 0.3) is 0 Å². The molecule has 0 saturated carbocycles. The lowest BCUT2D eigenvalue weighted by Gasteiger charge is -2.02. The van der Waals surface area contributed by atoms with E-state index in [1.165, 1.54) is 18.3 Å². The van der Waals surface area contributed by atoms with E-state index in [0.29, 0.717) is 37.6 Å². The molecule has 0 spiro atoms. The summed E-state index contributed by atoms with van der Waals surface area (Å²) in [6.45, 7) is 3.27. The highest BCUT2D eigenvalue weighted by atomic mass is 79.9. The number of halogens is 1. The third-order valence-electron chi connectivity index (χ3n) is 3.60. The van der Waals surface area contributed by atoms with Crippen molar-refractivity contribution in [3.05, 3.63) is 56.5 Å². The summed E-state index contributed by atoms with van der Waals surface area (Å²) in [6, 6.07) is 8.84. The van der Waals surface area contributed by atoms with E-state index in [1.54, 1.807) is 25.1 Å². The first kappa shape index (κ1) is 15.8. The molecule has 0 saturated heterocycles. The van der Waals surface area contributed by atoms with Crippen molar-refractivity contribution in [2.45, 2.75) is 13.8 Å². The maximum atomic E-state index is 12.7. The summed E-state index contributed by atoms with van der Waals surface area (Å²) >= 11 is 4.60. The van der Waals surface area contributed by atoms with Crippen LogP contribution in [0.25, 0.3) is 10.2 Å². The van der Waals surface area contributed by atoms with Crippen LogP contribution in [-0.4, -0.2) is 16.6 Å². The van der Waals surface area contributed by atoms with Crippen LogP contribution in [0.5, 0.6) is 0 Å². The van der Waals surface area contributed by atoms with Crippen LogP contribution in [0.2, 0.25) is 0 Å². The topological polar surface area (TPSA) is 73.1 Å². The molecule has 23 heavy (non-hydrogen) atoms. The number of rotatable bonds is 3. The van der Waals surface area contributed by atoms with Gasteiger partial charge in [-0.25, -0.2) is 4.98 Å². The van der Waals surface area contributed by atoms with Crippen molar-refractivity contribution in [2.75, 3.05) is 5.73 Å². The van der Waals surface area contributed by atoms with E-state index in [2.05, 4.69) is 20.9 Å². The molecule has 0 aliphatic rings.